The van der Waals surface area contributed by atoms with Gasteiger partial charge in [-0.25, -0.2) is 0 Å². The standard InChI is InChI=1S/C11H21N3O3/c1-12-9(15)7-8-13-10(16)5-4-6-11(17)14(2)3/h4-8H2,1-3H3,(H,12,15)(H,13,16). The van der Waals surface area contributed by atoms with Crippen LogP contribution in [-0.4, -0.2) is 50.3 Å². The maximum atomic E-state index is 11.3. The van der Waals surface area contributed by atoms with Crippen molar-refractivity contribution >= 4 is 17.7 Å². The molecule has 0 aromatic heterocycles. The summed E-state index contributed by atoms with van der Waals surface area (Å²) in [5, 5.41) is 5.10. The first-order valence-corrected chi connectivity index (χ1v) is 5.64. The van der Waals surface area contributed by atoms with Gasteiger partial charge in [-0.1, -0.05) is 0 Å². The van der Waals surface area contributed by atoms with Crippen molar-refractivity contribution in [1.82, 2.24) is 15.5 Å². The molecule has 0 aromatic carbocycles. The highest BCUT2D eigenvalue weighted by Crippen LogP contribution is 1.98. The van der Waals surface area contributed by atoms with E-state index in [0.29, 0.717) is 25.8 Å². The Morgan fingerprint density at radius 1 is 1.00 bits per heavy atom. The first-order valence-electron chi connectivity index (χ1n) is 5.64. The maximum Gasteiger partial charge on any atom is 0.222 e. The molecule has 0 radical (unpaired) electrons. The molecule has 3 amide bonds. The van der Waals surface area contributed by atoms with E-state index in [4.69, 9.17) is 0 Å². The van der Waals surface area contributed by atoms with Gasteiger partial charge in [0.15, 0.2) is 0 Å². The van der Waals surface area contributed by atoms with Crippen LogP contribution in [-0.2, 0) is 14.4 Å². The van der Waals surface area contributed by atoms with Crippen molar-refractivity contribution < 1.29 is 14.4 Å². The predicted molar refractivity (Wildman–Crippen MR) is 64.2 cm³/mol. The molecule has 2 N–H and O–H groups in total. The molecule has 0 aromatic rings. The van der Waals surface area contributed by atoms with Gasteiger partial charge in [0.2, 0.25) is 17.7 Å². The van der Waals surface area contributed by atoms with Crippen LogP contribution in [0.15, 0.2) is 0 Å². The van der Waals surface area contributed by atoms with Gasteiger partial charge in [0, 0.05) is 47.0 Å². The fraction of sp³-hybridized carbons (Fsp3) is 0.727. The van der Waals surface area contributed by atoms with Crippen LogP contribution in [0.1, 0.15) is 25.7 Å². The van der Waals surface area contributed by atoms with Gasteiger partial charge in [-0.05, 0) is 6.42 Å². The highest BCUT2D eigenvalue weighted by molar-refractivity contribution is 5.80. The summed E-state index contributed by atoms with van der Waals surface area (Å²) in [5.41, 5.74) is 0. The lowest BCUT2D eigenvalue weighted by atomic mass is 10.2. The van der Waals surface area contributed by atoms with E-state index in [9.17, 15) is 14.4 Å². The number of carbonyl (C=O) groups excluding carboxylic acids is 3. The summed E-state index contributed by atoms with van der Waals surface area (Å²) in [6, 6.07) is 0. The quantitative estimate of drug-likeness (QED) is 0.632. The molecule has 0 aliphatic rings. The number of nitrogens with zero attached hydrogens (tertiary/aromatic N) is 1. The largest absolute Gasteiger partial charge is 0.359 e. The van der Waals surface area contributed by atoms with Gasteiger partial charge in [-0.15, -0.1) is 0 Å². The Kier molecular flexibility index (Phi) is 7.75. The monoisotopic (exact) mass is 243 g/mol. The van der Waals surface area contributed by atoms with E-state index in [0.717, 1.165) is 0 Å². The summed E-state index contributed by atoms with van der Waals surface area (Å²) >= 11 is 0. The molecule has 0 aliphatic carbocycles. The lowest BCUT2D eigenvalue weighted by Gasteiger charge is -2.09. The number of rotatable bonds is 7. The topological polar surface area (TPSA) is 78.5 Å². The van der Waals surface area contributed by atoms with Gasteiger partial charge < -0.3 is 15.5 Å². The minimum atomic E-state index is -0.125. The fourth-order valence-corrected chi connectivity index (χ4v) is 1.15. The SMILES string of the molecule is CNC(=O)CCNC(=O)CCCC(=O)N(C)C. The molecular formula is C11H21N3O3. The first kappa shape index (κ1) is 15.4. The van der Waals surface area contributed by atoms with E-state index < -0.39 is 0 Å². The molecule has 0 saturated carbocycles. The summed E-state index contributed by atoms with van der Waals surface area (Å²) in [6.45, 7) is 0.333. The van der Waals surface area contributed by atoms with E-state index in [1.165, 1.54) is 4.90 Å². The third-order valence-electron chi connectivity index (χ3n) is 2.25. The van der Waals surface area contributed by atoms with Crippen LogP contribution in [0.5, 0.6) is 0 Å². The van der Waals surface area contributed by atoms with E-state index in [2.05, 4.69) is 10.6 Å². The van der Waals surface area contributed by atoms with Gasteiger partial charge in [0.1, 0.15) is 0 Å². The number of amides is 3. The average Bonchev–Trinajstić information content (AvgIpc) is 2.28. The molecule has 0 spiro atoms. The van der Waals surface area contributed by atoms with Crippen molar-refractivity contribution in [1.29, 1.82) is 0 Å². The zero-order valence-electron chi connectivity index (χ0n) is 10.7. The van der Waals surface area contributed by atoms with E-state index in [1.807, 2.05) is 0 Å². The Morgan fingerprint density at radius 2 is 1.65 bits per heavy atom. The van der Waals surface area contributed by atoms with E-state index >= 15 is 0 Å². The van der Waals surface area contributed by atoms with E-state index in [-0.39, 0.29) is 24.1 Å². The lowest BCUT2D eigenvalue weighted by Crippen LogP contribution is -2.29. The number of carbonyl (C=O) groups is 3. The molecule has 0 aliphatic heterocycles. The molecule has 0 saturated heterocycles. The van der Waals surface area contributed by atoms with Crippen molar-refractivity contribution in [3.8, 4) is 0 Å². The van der Waals surface area contributed by atoms with Crippen LogP contribution in [0.3, 0.4) is 0 Å². The first-order chi connectivity index (χ1) is 7.97. The molecule has 0 fully saturated rings. The Hall–Kier alpha value is -1.59. The smallest absolute Gasteiger partial charge is 0.222 e. The molecular weight excluding hydrogens is 222 g/mol. The highest BCUT2D eigenvalue weighted by atomic mass is 16.2. The predicted octanol–water partition coefficient (Wildman–Crippen LogP) is -0.503. The molecule has 6 heteroatoms. The summed E-state index contributed by atoms with van der Waals surface area (Å²) in [5.74, 6) is -0.211. The molecule has 0 bridgehead atoms. The van der Waals surface area contributed by atoms with Crippen LogP contribution >= 0.6 is 0 Å². The number of nitrogens with one attached hydrogen (secondary N) is 2. The zero-order valence-corrected chi connectivity index (χ0v) is 10.7. The van der Waals surface area contributed by atoms with Crippen molar-refractivity contribution in [3.05, 3.63) is 0 Å². The van der Waals surface area contributed by atoms with Crippen molar-refractivity contribution in [2.75, 3.05) is 27.7 Å². The normalized spacial score (nSPS) is 9.59. The Labute approximate surface area is 102 Å². The van der Waals surface area contributed by atoms with Crippen molar-refractivity contribution in [3.63, 3.8) is 0 Å². The molecule has 6 nitrogen and oxygen atoms in total. The summed E-state index contributed by atoms with van der Waals surface area (Å²) in [6.07, 6.45) is 1.49. The van der Waals surface area contributed by atoms with Crippen LogP contribution < -0.4 is 10.6 Å². The van der Waals surface area contributed by atoms with E-state index in [1.54, 1.807) is 21.1 Å². The van der Waals surface area contributed by atoms with Gasteiger partial charge in [-0.3, -0.25) is 14.4 Å². The average molecular weight is 243 g/mol. The van der Waals surface area contributed by atoms with Gasteiger partial charge in [0.05, 0.1) is 0 Å². The van der Waals surface area contributed by atoms with Crippen LogP contribution in [0.25, 0.3) is 0 Å². The van der Waals surface area contributed by atoms with Gasteiger partial charge in [0.25, 0.3) is 0 Å². The van der Waals surface area contributed by atoms with Crippen molar-refractivity contribution in [2.24, 2.45) is 0 Å². The second-order valence-electron chi connectivity index (χ2n) is 3.91. The van der Waals surface area contributed by atoms with Gasteiger partial charge in [-0.2, -0.15) is 0 Å². The highest BCUT2D eigenvalue weighted by Gasteiger charge is 2.06. The zero-order chi connectivity index (χ0) is 13.3. The summed E-state index contributed by atoms with van der Waals surface area (Å²) in [7, 11) is 4.93. The lowest BCUT2D eigenvalue weighted by molar-refractivity contribution is -0.129. The Morgan fingerprint density at radius 3 is 2.18 bits per heavy atom. The minimum absolute atomic E-state index is 0.0168. The second kappa shape index (κ2) is 8.55. The van der Waals surface area contributed by atoms with Crippen LogP contribution in [0.4, 0.5) is 0 Å². The van der Waals surface area contributed by atoms with Crippen LogP contribution in [0, 0.1) is 0 Å². The second-order valence-corrected chi connectivity index (χ2v) is 3.91. The molecule has 0 unspecified atom stereocenters. The molecule has 0 heterocycles. The molecule has 0 rings (SSSR count). The molecule has 17 heavy (non-hydrogen) atoms. The van der Waals surface area contributed by atoms with Crippen molar-refractivity contribution in [2.45, 2.75) is 25.7 Å². The number of hydrogen-bond acceptors (Lipinski definition) is 3. The Bertz CT molecular complexity index is 277. The van der Waals surface area contributed by atoms with Gasteiger partial charge >= 0.3 is 0 Å². The molecule has 0 atom stereocenters. The van der Waals surface area contributed by atoms with Crippen LogP contribution in [0.2, 0.25) is 0 Å². The Balaban J connectivity index is 3.54. The summed E-state index contributed by atoms with van der Waals surface area (Å²) in [4.78, 5) is 34.9. The minimum Gasteiger partial charge on any atom is -0.359 e. The maximum absolute atomic E-state index is 11.3. The fourth-order valence-electron chi connectivity index (χ4n) is 1.15. The number of hydrogen-bond donors (Lipinski definition) is 2. The summed E-state index contributed by atoms with van der Waals surface area (Å²) < 4.78 is 0. The molecule has 98 valence electrons. The third kappa shape index (κ3) is 8.24. The third-order valence-corrected chi connectivity index (χ3v) is 2.25.